The van der Waals surface area contributed by atoms with Crippen molar-refractivity contribution < 1.29 is 34.8 Å². The van der Waals surface area contributed by atoms with E-state index >= 15 is 0 Å². The minimum Gasteiger partial charge on any atom is -0.510 e. The number of allylic oxidation sites excluding steroid dienone is 1. The molecule has 1 saturated carbocycles. The number of Topliss-reactive ketones (excluding diaryl/α,β-unsaturated/α-hetero) is 2. The molecule has 0 spiro atoms. The van der Waals surface area contributed by atoms with E-state index < -0.39 is 58.0 Å². The lowest BCUT2D eigenvalue weighted by atomic mass is 9.56. The number of nitrogens with two attached hydrogens (primary N) is 1. The van der Waals surface area contributed by atoms with Gasteiger partial charge in [-0.3, -0.25) is 19.3 Å². The Kier molecular flexibility index (Phi) is 7.67. The smallest absolute Gasteiger partial charge is 0.255 e. The number of aromatic hydroxyl groups is 1. The van der Waals surface area contributed by atoms with Crippen molar-refractivity contribution in [3.63, 3.8) is 0 Å². The van der Waals surface area contributed by atoms with Gasteiger partial charge in [0.15, 0.2) is 11.4 Å². The third-order valence-corrected chi connectivity index (χ3v) is 10.9. The molecule has 222 valence electrons. The van der Waals surface area contributed by atoms with Crippen LogP contribution in [0.4, 0.5) is 5.69 Å². The molecule has 0 aliphatic heterocycles. The number of primary amides is 1. The van der Waals surface area contributed by atoms with E-state index in [1.807, 2.05) is 30.8 Å². The highest BCUT2D eigenvalue weighted by atomic mass is 32.2. The Hall–Kier alpha value is -3.02. The lowest BCUT2D eigenvalue weighted by molar-refractivity contribution is -0.148. The van der Waals surface area contributed by atoms with E-state index in [4.69, 9.17) is 5.73 Å². The first-order valence-electron chi connectivity index (χ1n) is 14.1. The van der Waals surface area contributed by atoms with Gasteiger partial charge < -0.3 is 31.1 Å². The Bertz CT molecular complexity index is 1360. The molecule has 4 aliphatic rings. The first kappa shape index (κ1) is 29.5. The zero-order valence-corrected chi connectivity index (χ0v) is 24.7. The number of hydrogen-bond acceptors (Lipinski definition) is 10. The van der Waals surface area contributed by atoms with Crippen LogP contribution in [-0.2, 0) is 9.59 Å². The number of likely N-dealkylation sites (N-methyl/N-ethyl adjacent to an activating group) is 1. The average molecular weight is 586 g/mol. The molecule has 0 radical (unpaired) electrons. The number of benzene rings is 1. The minimum atomic E-state index is -2.65. The number of phenols is 1. The van der Waals surface area contributed by atoms with Gasteiger partial charge >= 0.3 is 0 Å². The Morgan fingerprint density at radius 2 is 1.73 bits per heavy atom. The van der Waals surface area contributed by atoms with E-state index in [0.717, 1.165) is 31.4 Å². The van der Waals surface area contributed by atoms with Crippen molar-refractivity contribution in [1.29, 1.82) is 0 Å². The molecule has 0 bridgehead atoms. The van der Waals surface area contributed by atoms with Crippen LogP contribution in [0.3, 0.4) is 0 Å². The molecule has 0 saturated heterocycles. The highest BCUT2D eigenvalue weighted by Crippen LogP contribution is 2.57. The number of aliphatic hydroxyl groups excluding tert-OH is 2. The summed E-state index contributed by atoms with van der Waals surface area (Å²) in [6.07, 6.45) is 5.79. The van der Waals surface area contributed by atoms with Gasteiger partial charge in [-0.25, -0.2) is 0 Å². The van der Waals surface area contributed by atoms with Crippen LogP contribution in [0.25, 0.3) is 0 Å². The van der Waals surface area contributed by atoms with Crippen molar-refractivity contribution in [2.45, 2.75) is 61.3 Å². The number of carbonyl (C=O) groups is 3. The standard InChI is InChI=1S/C30H39N3O7S/c1-32(2)18-10-11-19(34)22-20(18)16(13-41-14-8-6-5-7-9-14)15-12-17-24(33(3)4)26(36)23(29(31)39)28(38)30(17,40)27(37)21(15)25(22)35/h10-11,14-17,24,34,36-37,40H,5-9,12-13H2,1-4H3,(H2,31,39)/t15-,16-,17+,24+,30+/m1/s1. The fourth-order valence-electron chi connectivity index (χ4n) is 7.49. The second-order valence-electron chi connectivity index (χ2n) is 12.2. The van der Waals surface area contributed by atoms with Gasteiger partial charge in [0.25, 0.3) is 5.91 Å². The van der Waals surface area contributed by atoms with Crippen molar-refractivity contribution in [2.75, 3.05) is 38.8 Å². The molecule has 5 atom stereocenters. The zero-order chi connectivity index (χ0) is 30.0. The second kappa shape index (κ2) is 10.7. The van der Waals surface area contributed by atoms with Gasteiger partial charge in [-0.2, -0.15) is 11.8 Å². The van der Waals surface area contributed by atoms with Gasteiger partial charge in [0.05, 0.1) is 11.6 Å². The molecule has 1 aromatic rings. The third-order valence-electron chi connectivity index (χ3n) is 9.40. The molecule has 11 heteroatoms. The van der Waals surface area contributed by atoms with Crippen molar-refractivity contribution >= 4 is 34.9 Å². The Morgan fingerprint density at radius 3 is 2.32 bits per heavy atom. The van der Waals surface area contributed by atoms with Crippen molar-refractivity contribution in [3.8, 4) is 5.75 Å². The van der Waals surface area contributed by atoms with E-state index in [2.05, 4.69) is 0 Å². The number of fused-ring (bicyclic) bond motifs is 3. The molecule has 0 aromatic heterocycles. The van der Waals surface area contributed by atoms with Gasteiger partial charge in [0, 0.05) is 48.2 Å². The summed E-state index contributed by atoms with van der Waals surface area (Å²) in [5.41, 5.74) is 3.36. The molecular weight excluding hydrogens is 546 g/mol. The minimum absolute atomic E-state index is 0.0474. The maximum atomic E-state index is 14.1. The van der Waals surface area contributed by atoms with Crippen molar-refractivity contribution in [1.82, 2.24) is 4.90 Å². The van der Waals surface area contributed by atoms with Gasteiger partial charge in [0.2, 0.25) is 5.78 Å². The number of carbonyl (C=O) groups excluding carboxylic acids is 3. The van der Waals surface area contributed by atoms with Crippen LogP contribution < -0.4 is 10.6 Å². The number of nitrogens with zero attached hydrogens (tertiary/aromatic N) is 2. The number of anilines is 1. The molecule has 1 fully saturated rings. The lowest BCUT2D eigenvalue weighted by Gasteiger charge is -2.51. The maximum absolute atomic E-state index is 14.1. The van der Waals surface area contributed by atoms with Crippen molar-refractivity contribution in [2.24, 2.45) is 17.6 Å². The monoisotopic (exact) mass is 585 g/mol. The number of ketones is 2. The summed E-state index contributed by atoms with van der Waals surface area (Å²) >= 11 is 1.82. The van der Waals surface area contributed by atoms with Crippen LogP contribution in [0, 0.1) is 11.8 Å². The van der Waals surface area contributed by atoms with E-state index in [0.29, 0.717) is 16.6 Å². The van der Waals surface area contributed by atoms with Gasteiger partial charge in [-0.15, -0.1) is 0 Å². The number of hydrogen-bond donors (Lipinski definition) is 5. The highest BCUT2D eigenvalue weighted by Gasteiger charge is 2.64. The van der Waals surface area contributed by atoms with E-state index in [1.54, 1.807) is 25.1 Å². The summed E-state index contributed by atoms with van der Waals surface area (Å²) in [7, 11) is 6.99. The number of thioether (sulfide) groups is 1. The first-order chi connectivity index (χ1) is 19.3. The molecule has 1 aromatic carbocycles. The summed E-state index contributed by atoms with van der Waals surface area (Å²) in [5.74, 6) is -6.20. The summed E-state index contributed by atoms with van der Waals surface area (Å²) in [6.45, 7) is 0. The zero-order valence-electron chi connectivity index (χ0n) is 23.9. The van der Waals surface area contributed by atoms with E-state index in [1.165, 1.54) is 12.5 Å². The lowest BCUT2D eigenvalue weighted by Crippen LogP contribution is -2.64. The number of phenolic OH excluding ortho intramolecular Hbond substituents is 1. The van der Waals surface area contributed by atoms with Crippen LogP contribution >= 0.6 is 11.8 Å². The Morgan fingerprint density at radius 1 is 1.07 bits per heavy atom. The predicted octanol–water partition coefficient (Wildman–Crippen LogP) is 2.79. The largest absolute Gasteiger partial charge is 0.510 e. The number of rotatable bonds is 6. The third kappa shape index (κ3) is 4.44. The average Bonchev–Trinajstić information content (AvgIpc) is 2.90. The second-order valence-corrected chi connectivity index (χ2v) is 13.5. The summed E-state index contributed by atoms with van der Waals surface area (Å²) in [4.78, 5) is 43.5. The summed E-state index contributed by atoms with van der Waals surface area (Å²) in [6, 6.07) is 2.19. The van der Waals surface area contributed by atoms with Gasteiger partial charge in [0.1, 0.15) is 22.8 Å². The molecule has 10 nitrogen and oxygen atoms in total. The normalized spacial score (nSPS) is 30.3. The SMILES string of the molecule is CN(C)c1ccc(O)c2c1[C@H](CSC1CCCCC1)[C@H]1C[C@H]3[C@H](N(C)C)C(O)=C(C(N)=O)C(=O)[C@@]3(O)C(O)=C1C2=O. The number of aliphatic hydroxyl groups is 3. The quantitative estimate of drug-likeness (QED) is 0.314. The van der Waals surface area contributed by atoms with Crippen LogP contribution in [0.15, 0.2) is 34.8 Å². The summed E-state index contributed by atoms with van der Waals surface area (Å²) in [5, 5.41) is 46.2. The fraction of sp³-hybridized carbons (Fsp3) is 0.567. The molecule has 5 rings (SSSR count). The molecule has 41 heavy (non-hydrogen) atoms. The van der Waals surface area contributed by atoms with Crippen LogP contribution in [-0.4, -0.2) is 93.6 Å². The molecule has 0 unspecified atom stereocenters. The molecule has 6 N–H and O–H groups in total. The Balaban J connectivity index is 1.73. The van der Waals surface area contributed by atoms with Crippen LogP contribution in [0.5, 0.6) is 5.75 Å². The molecule has 1 amide bonds. The first-order valence-corrected chi connectivity index (χ1v) is 15.2. The molecule has 4 aliphatic carbocycles. The van der Waals surface area contributed by atoms with E-state index in [-0.39, 0.29) is 29.2 Å². The van der Waals surface area contributed by atoms with Crippen LogP contribution in [0.1, 0.15) is 60.4 Å². The van der Waals surface area contributed by atoms with Crippen molar-refractivity contribution in [3.05, 3.63) is 45.9 Å². The topological polar surface area (TPSA) is 165 Å². The van der Waals surface area contributed by atoms with Gasteiger partial charge in [-0.1, -0.05) is 19.3 Å². The van der Waals surface area contributed by atoms with Crippen LogP contribution in [0.2, 0.25) is 0 Å². The summed E-state index contributed by atoms with van der Waals surface area (Å²) < 4.78 is 0. The van der Waals surface area contributed by atoms with E-state index in [9.17, 15) is 34.8 Å². The predicted molar refractivity (Wildman–Crippen MR) is 156 cm³/mol. The highest BCUT2D eigenvalue weighted by molar-refractivity contribution is 7.99. The maximum Gasteiger partial charge on any atom is 0.255 e. The Labute approximate surface area is 243 Å². The number of amides is 1. The molecule has 0 heterocycles. The van der Waals surface area contributed by atoms with Gasteiger partial charge in [-0.05, 0) is 57.0 Å². The molecular formula is C30H39N3O7S. The fourth-order valence-corrected chi connectivity index (χ4v) is 9.03.